The van der Waals surface area contributed by atoms with E-state index in [1.807, 2.05) is 27.7 Å². The van der Waals surface area contributed by atoms with E-state index in [0.29, 0.717) is 5.46 Å². The molecule has 0 atom stereocenters. The van der Waals surface area contributed by atoms with Gasteiger partial charge in [-0.3, -0.25) is 0 Å². The van der Waals surface area contributed by atoms with Gasteiger partial charge in [-0.1, -0.05) is 0 Å². The molecule has 0 amide bonds. The summed E-state index contributed by atoms with van der Waals surface area (Å²) in [6, 6.07) is 2.53. The minimum Gasteiger partial charge on any atom is -0.399 e. The predicted molar refractivity (Wildman–Crippen MR) is 69.7 cm³/mol. The molecule has 3 nitrogen and oxygen atoms in total. The highest BCUT2D eigenvalue weighted by atomic mass is 19.4. The Hall–Kier alpha value is -1.08. The molecule has 1 saturated heterocycles. The van der Waals surface area contributed by atoms with Crippen LogP contribution in [-0.4, -0.2) is 23.3 Å². The van der Waals surface area contributed by atoms with Crippen molar-refractivity contribution in [2.24, 2.45) is 0 Å². The molecular formula is C13H17BF3NO2. The van der Waals surface area contributed by atoms with Gasteiger partial charge < -0.3 is 9.31 Å². The van der Waals surface area contributed by atoms with Crippen LogP contribution in [0.4, 0.5) is 13.2 Å². The number of pyridine rings is 1. The average molecular weight is 287 g/mol. The van der Waals surface area contributed by atoms with Crippen LogP contribution in [0.1, 0.15) is 39.1 Å². The van der Waals surface area contributed by atoms with E-state index in [2.05, 4.69) is 4.98 Å². The second-order valence-corrected chi connectivity index (χ2v) is 6.01. The van der Waals surface area contributed by atoms with E-state index < -0.39 is 30.2 Å². The van der Waals surface area contributed by atoms with E-state index in [1.165, 1.54) is 6.92 Å². The molecule has 110 valence electrons. The fourth-order valence-electron chi connectivity index (χ4n) is 1.96. The Kier molecular flexibility index (Phi) is 3.42. The minimum absolute atomic E-state index is 0.282. The standard InChI is InChI=1S/C13H17BF3NO2/c1-8-6-9(7-10(18-8)13(15,16)17)14-19-11(2,3)12(4,5)20-14/h6-7H,1-5H3. The number of aryl methyl sites for hydroxylation is 1. The van der Waals surface area contributed by atoms with Gasteiger partial charge in [0.25, 0.3) is 0 Å². The van der Waals surface area contributed by atoms with E-state index in [9.17, 15) is 13.2 Å². The van der Waals surface area contributed by atoms with Crippen molar-refractivity contribution >= 4 is 12.6 Å². The summed E-state index contributed by atoms with van der Waals surface area (Å²) in [5.74, 6) is 0. The lowest BCUT2D eigenvalue weighted by Gasteiger charge is -2.32. The second-order valence-electron chi connectivity index (χ2n) is 6.01. The summed E-state index contributed by atoms with van der Waals surface area (Å²) in [7, 11) is -0.817. The quantitative estimate of drug-likeness (QED) is 0.744. The number of hydrogen-bond donors (Lipinski definition) is 0. The zero-order valence-corrected chi connectivity index (χ0v) is 12.1. The Balaban J connectivity index is 2.38. The lowest BCUT2D eigenvalue weighted by Crippen LogP contribution is -2.41. The Morgan fingerprint density at radius 3 is 2.00 bits per heavy atom. The van der Waals surface area contributed by atoms with Crippen LogP contribution >= 0.6 is 0 Å². The first-order valence-electron chi connectivity index (χ1n) is 6.34. The number of halogens is 3. The third-order valence-corrected chi connectivity index (χ3v) is 3.79. The molecule has 1 fully saturated rings. The highest BCUT2D eigenvalue weighted by Crippen LogP contribution is 2.37. The van der Waals surface area contributed by atoms with Crippen LogP contribution in [0.25, 0.3) is 0 Å². The third-order valence-electron chi connectivity index (χ3n) is 3.79. The molecule has 7 heteroatoms. The van der Waals surface area contributed by atoms with Crippen molar-refractivity contribution in [1.29, 1.82) is 0 Å². The molecule has 0 aliphatic carbocycles. The second kappa shape index (κ2) is 4.46. The maximum Gasteiger partial charge on any atom is 0.494 e. The van der Waals surface area contributed by atoms with Crippen LogP contribution in [0.3, 0.4) is 0 Å². The van der Waals surface area contributed by atoms with Crippen LogP contribution in [-0.2, 0) is 15.5 Å². The van der Waals surface area contributed by atoms with E-state index in [-0.39, 0.29) is 5.69 Å². The van der Waals surface area contributed by atoms with Crippen molar-refractivity contribution in [3.8, 4) is 0 Å². The fraction of sp³-hybridized carbons (Fsp3) is 0.615. The van der Waals surface area contributed by atoms with Crippen LogP contribution in [0, 0.1) is 6.92 Å². The molecule has 1 aliphatic rings. The van der Waals surface area contributed by atoms with Crippen molar-refractivity contribution in [3.63, 3.8) is 0 Å². The van der Waals surface area contributed by atoms with Gasteiger partial charge in [0.1, 0.15) is 5.69 Å². The highest BCUT2D eigenvalue weighted by molar-refractivity contribution is 6.62. The molecule has 1 aromatic rings. The molecule has 1 aromatic heterocycles. The first-order valence-corrected chi connectivity index (χ1v) is 6.34. The van der Waals surface area contributed by atoms with E-state index in [4.69, 9.17) is 9.31 Å². The summed E-state index contributed by atoms with van der Waals surface area (Å²) in [4.78, 5) is 3.51. The van der Waals surface area contributed by atoms with Crippen LogP contribution in [0.5, 0.6) is 0 Å². The Bertz CT molecular complexity index is 513. The first kappa shape index (κ1) is 15.3. The van der Waals surface area contributed by atoms with Gasteiger partial charge in [0.05, 0.1) is 11.2 Å². The number of aromatic nitrogens is 1. The maximum absolute atomic E-state index is 12.8. The van der Waals surface area contributed by atoms with Crippen molar-refractivity contribution in [3.05, 3.63) is 23.5 Å². The van der Waals surface area contributed by atoms with E-state index in [0.717, 1.165) is 6.07 Å². The molecule has 0 unspecified atom stereocenters. The summed E-state index contributed by atoms with van der Waals surface area (Å²) in [5, 5.41) is 0. The largest absolute Gasteiger partial charge is 0.494 e. The monoisotopic (exact) mass is 287 g/mol. The Labute approximate surface area is 116 Å². The van der Waals surface area contributed by atoms with Gasteiger partial charge in [-0.2, -0.15) is 13.2 Å². The molecule has 1 aliphatic heterocycles. The van der Waals surface area contributed by atoms with Crippen LogP contribution < -0.4 is 5.46 Å². The number of alkyl halides is 3. The summed E-state index contributed by atoms with van der Waals surface area (Å²) in [6.45, 7) is 8.93. The fourth-order valence-corrected chi connectivity index (χ4v) is 1.96. The summed E-state index contributed by atoms with van der Waals surface area (Å²) in [5.41, 5.74) is -1.49. The van der Waals surface area contributed by atoms with Gasteiger partial charge in [-0.25, -0.2) is 4.98 Å². The Morgan fingerprint density at radius 2 is 1.55 bits per heavy atom. The number of nitrogens with zero attached hydrogens (tertiary/aromatic N) is 1. The van der Waals surface area contributed by atoms with Crippen molar-refractivity contribution in [2.75, 3.05) is 0 Å². The topological polar surface area (TPSA) is 31.4 Å². The molecular weight excluding hydrogens is 270 g/mol. The molecule has 0 aromatic carbocycles. The smallest absolute Gasteiger partial charge is 0.399 e. The normalized spacial score (nSPS) is 21.3. The SMILES string of the molecule is Cc1cc(B2OC(C)(C)C(C)(C)O2)cc(C(F)(F)F)n1. The first-order chi connectivity index (χ1) is 8.92. The molecule has 0 radical (unpaired) electrons. The lowest BCUT2D eigenvalue weighted by molar-refractivity contribution is -0.141. The predicted octanol–water partition coefficient (Wildman–Crippen LogP) is 2.71. The van der Waals surface area contributed by atoms with Crippen molar-refractivity contribution < 1.29 is 22.5 Å². The maximum atomic E-state index is 12.8. The molecule has 0 saturated carbocycles. The van der Waals surface area contributed by atoms with Gasteiger partial charge >= 0.3 is 13.3 Å². The van der Waals surface area contributed by atoms with Gasteiger partial charge in [0, 0.05) is 5.69 Å². The third kappa shape index (κ3) is 2.69. The zero-order chi connectivity index (χ0) is 15.3. The van der Waals surface area contributed by atoms with Crippen molar-refractivity contribution in [2.45, 2.75) is 52.0 Å². The van der Waals surface area contributed by atoms with Crippen LogP contribution in [0.2, 0.25) is 0 Å². The van der Waals surface area contributed by atoms with E-state index >= 15 is 0 Å². The molecule has 0 spiro atoms. The summed E-state index contributed by atoms with van der Waals surface area (Å²) < 4.78 is 49.9. The zero-order valence-electron chi connectivity index (χ0n) is 12.1. The van der Waals surface area contributed by atoms with Crippen LogP contribution in [0.15, 0.2) is 12.1 Å². The summed E-state index contributed by atoms with van der Waals surface area (Å²) >= 11 is 0. The lowest BCUT2D eigenvalue weighted by atomic mass is 9.79. The average Bonchev–Trinajstić information content (AvgIpc) is 2.46. The minimum atomic E-state index is -4.48. The van der Waals surface area contributed by atoms with Gasteiger partial charge in [-0.05, 0) is 52.2 Å². The van der Waals surface area contributed by atoms with Gasteiger partial charge in [0.15, 0.2) is 0 Å². The van der Waals surface area contributed by atoms with E-state index in [1.54, 1.807) is 6.07 Å². The number of hydrogen-bond acceptors (Lipinski definition) is 3. The van der Waals surface area contributed by atoms with Crippen molar-refractivity contribution in [1.82, 2.24) is 4.98 Å². The van der Waals surface area contributed by atoms with Gasteiger partial charge in [-0.15, -0.1) is 0 Å². The molecule has 0 bridgehead atoms. The highest BCUT2D eigenvalue weighted by Gasteiger charge is 2.52. The molecule has 2 rings (SSSR count). The Morgan fingerprint density at radius 1 is 1.05 bits per heavy atom. The molecule has 2 heterocycles. The number of rotatable bonds is 1. The summed E-state index contributed by atoms with van der Waals surface area (Å²) in [6.07, 6.45) is -4.48. The molecule has 20 heavy (non-hydrogen) atoms. The molecule has 0 N–H and O–H groups in total. The van der Waals surface area contributed by atoms with Gasteiger partial charge in [0.2, 0.25) is 0 Å².